The van der Waals surface area contributed by atoms with Crippen LogP contribution < -0.4 is 15.0 Å². The Morgan fingerprint density at radius 1 is 1.26 bits per heavy atom. The minimum atomic E-state index is -3.80. The van der Waals surface area contributed by atoms with Gasteiger partial charge in [0.05, 0.1) is 11.3 Å². The molecule has 7 nitrogen and oxygen atoms in total. The Morgan fingerprint density at radius 2 is 2.00 bits per heavy atom. The number of carbonyl (C=O) groups excluding carboxylic acids is 1. The van der Waals surface area contributed by atoms with Crippen LogP contribution in [0.25, 0.3) is 11.3 Å². The molecule has 1 amide bonds. The summed E-state index contributed by atoms with van der Waals surface area (Å²) in [5, 5.41) is 9.64. The molecule has 0 saturated carbocycles. The van der Waals surface area contributed by atoms with E-state index < -0.39 is 11.5 Å². The van der Waals surface area contributed by atoms with Gasteiger partial charge in [0.2, 0.25) is 0 Å². The van der Waals surface area contributed by atoms with Crippen LogP contribution in [-0.2, 0) is 0 Å². The number of H-pyrrole nitrogens is 1. The number of aromatic amines is 1. The molecule has 0 aliphatic heterocycles. The summed E-state index contributed by atoms with van der Waals surface area (Å²) < 4.78 is 29.7. The number of anilines is 2. The van der Waals surface area contributed by atoms with Gasteiger partial charge < -0.3 is 15.0 Å². The third-order valence-electron chi connectivity index (χ3n) is 4.44. The second-order valence-electron chi connectivity index (χ2n) is 6.67. The number of ether oxygens (including phenoxy) is 1. The summed E-state index contributed by atoms with van der Waals surface area (Å²) in [4.78, 5) is 19.4. The van der Waals surface area contributed by atoms with E-state index in [9.17, 15) is 13.6 Å². The van der Waals surface area contributed by atoms with Gasteiger partial charge in [0.25, 0.3) is 5.91 Å². The van der Waals surface area contributed by atoms with E-state index in [0.29, 0.717) is 11.3 Å². The van der Waals surface area contributed by atoms with Gasteiger partial charge in [-0.2, -0.15) is 5.10 Å². The van der Waals surface area contributed by atoms with E-state index in [-0.39, 0.29) is 5.75 Å². The van der Waals surface area contributed by atoms with Gasteiger partial charge >= 0.3 is 5.57 Å². The molecule has 3 rings (SSSR count). The zero-order chi connectivity index (χ0) is 22.4. The van der Waals surface area contributed by atoms with Crippen LogP contribution in [0.15, 0.2) is 48.8 Å². The van der Waals surface area contributed by atoms with Crippen LogP contribution in [0.4, 0.5) is 20.3 Å². The summed E-state index contributed by atoms with van der Waals surface area (Å²) in [6, 6.07) is 9.00. The Labute approximate surface area is 183 Å². The van der Waals surface area contributed by atoms with Gasteiger partial charge in [-0.25, -0.2) is 4.98 Å². The number of benzene rings is 1. The minimum Gasteiger partial charge on any atom is -0.420 e. The van der Waals surface area contributed by atoms with Crippen molar-refractivity contribution in [1.82, 2.24) is 15.2 Å². The quantitative estimate of drug-likeness (QED) is 0.442. The lowest BCUT2D eigenvalue weighted by molar-refractivity contribution is -0.0964. The SMILES string of the molecule is CCCN(CC)c1ncc(C(=O)Nc2ccc(OC(F)(F)Cl)cc2)cc1-c1ccn[nH]1. The maximum atomic E-state index is 12.8. The molecule has 2 heterocycles. The molecule has 0 radical (unpaired) electrons. The van der Waals surface area contributed by atoms with E-state index in [1.807, 2.05) is 13.0 Å². The van der Waals surface area contributed by atoms with Gasteiger partial charge in [-0.1, -0.05) is 6.92 Å². The minimum absolute atomic E-state index is 0.124. The first kappa shape index (κ1) is 22.5. The monoisotopic (exact) mass is 449 g/mol. The molecule has 0 aliphatic rings. The molecule has 3 aromatic rings. The van der Waals surface area contributed by atoms with Crippen LogP contribution in [0.5, 0.6) is 5.75 Å². The number of hydrogen-bond donors (Lipinski definition) is 2. The predicted octanol–water partition coefficient (Wildman–Crippen LogP) is 5.13. The summed E-state index contributed by atoms with van der Waals surface area (Å²) in [6.07, 6.45) is 4.10. The number of aromatic nitrogens is 3. The number of amides is 1. The van der Waals surface area contributed by atoms with E-state index >= 15 is 0 Å². The number of alkyl halides is 3. The number of rotatable bonds is 9. The molecule has 10 heteroatoms. The van der Waals surface area contributed by atoms with Crippen molar-refractivity contribution >= 4 is 29.0 Å². The predicted molar refractivity (Wildman–Crippen MR) is 116 cm³/mol. The lowest BCUT2D eigenvalue weighted by atomic mass is 10.1. The fourth-order valence-corrected chi connectivity index (χ4v) is 3.15. The number of hydrogen-bond acceptors (Lipinski definition) is 5. The number of nitrogens with zero attached hydrogens (tertiary/aromatic N) is 3. The molecular formula is C21H22ClF2N5O2. The molecule has 0 spiro atoms. The number of halogens is 3. The Bertz CT molecular complexity index is 1010. The summed E-state index contributed by atoms with van der Waals surface area (Å²) in [5.41, 5.74) is -1.55. The third-order valence-corrected chi connectivity index (χ3v) is 4.52. The normalized spacial score (nSPS) is 11.3. The third kappa shape index (κ3) is 5.91. The number of pyridine rings is 1. The molecule has 0 unspecified atom stereocenters. The van der Waals surface area contributed by atoms with Crippen molar-refractivity contribution in [2.45, 2.75) is 25.8 Å². The fourth-order valence-electron chi connectivity index (χ4n) is 3.06. The summed E-state index contributed by atoms with van der Waals surface area (Å²) >= 11 is 4.75. The van der Waals surface area contributed by atoms with Crippen LogP contribution in [0.3, 0.4) is 0 Å². The lowest BCUT2D eigenvalue weighted by Crippen LogP contribution is -2.25. The van der Waals surface area contributed by atoms with Crippen LogP contribution in [0, 0.1) is 0 Å². The van der Waals surface area contributed by atoms with Gasteiger partial charge in [0, 0.05) is 48.3 Å². The number of carbonyl (C=O) groups is 1. The Kier molecular flexibility index (Phi) is 7.06. The fraction of sp³-hybridized carbons (Fsp3) is 0.286. The summed E-state index contributed by atoms with van der Waals surface area (Å²) in [6.45, 7) is 5.72. The smallest absolute Gasteiger partial charge is 0.420 e. The molecule has 2 aromatic heterocycles. The second-order valence-corrected chi connectivity index (χ2v) is 7.11. The van der Waals surface area contributed by atoms with Crippen molar-refractivity contribution in [3.05, 3.63) is 54.4 Å². The summed E-state index contributed by atoms with van der Waals surface area (Å²) in [5.74, 6) is 0.240. The first-order valence-electron chi connectivity index (χ1n) is 9.72. The van der Waals surface area contributed by atoms with Crippen molar-refractivity contribution in [1.29, 1.82) is 0 Å². The molecule has 0 bridgehead atoms. The highest BCUT2D eigenvalue weighted by Crippen LogP contribution is 2.29. The Hall–Kier alpha value is -3.20. The topological polar surface area (TPSA) is 83.1 Å². The van der Waals surface area contributed by atoms with E-state index in [1.54, 1.807) is 12.3 Å². The van der Waals surface area contributed by atoms with Gasteiger partial charge in [-0.05, 0) is 49.7 Å². The first-order valence-corrected chi connectivity index (χ1v) is 10.1. The van der Waals surface area contributed by atoms with Crippen LogP contribution in [0.1, 0.15) is 30.6 Å². The van der Waals surface area contributed by atoms with E-state index in [4.69, 9.17) is 11.6 Å². The van der Waals surface area contributed by atoms with Crippen molar-refractivity contribution in [2.75, 3.05) is 23.3 Å². The van der Waals surface area contributed by atoms with E-state index in [1.165, 1.54) is 30.5 Å². The molecule has 0 saturated heterocycles. The standard InChI is InChI=1S/C21H22ClF2N5O2/c1-3-11-29(4-2)19-17(18-9-10-26-28-18)12-14(13-25-19)20(30)27-15-5-7-16(8-6-15)31-21(22,23)24/h5-10,12-13H,3-4,11H2,1-2H3,(H,26,28)(H,27,30). The van der Waals surface area contributed by atoms with Crippen LogP contribution >= 0.6 is 11.6 Å². The van der Waals surface area contributed by atoms with Crippen molar-refractivity contribution < 1.29 is 18.3 Å². The van der Waals surface area contributed by atoms with Crippen LogP contribution in [0.2, 0.25) is 0 Å². The van der Waals surface area contributed by atoms with E-state index in [0.717, 1.165) is 36.6 Å². The van der Waals surface area contributed by atoms with Crippen molar-refractivity contribution in [3.8, 4) is 17.0 Å². The van der Waals surface area contributed by atoms with Gasteiger partial charge in [0.15, 0.2) is 0 Å². The van der Waals surface area contributed by atoms with E-state index in [2.05, 4.69) is 37.1 Å². The van der Waals surface area contributed by atoms with Gasteiger partial charge in [-0.3, -0.25) is 9.89 Å². The number of nitrogens with one attached hydrogen (secondary N) is 2. The summed E-state index contributed by atoms with van der Waals surface area (Å²) in [7, 11) is 0. The first-order chi connectivity index (χ1) is 14.8. The Balaban J connectivity index is 1.84. The van der Waals surface area contributed by atoms with Crippen molar-refractivity contribution in [2.24, 2.45) is 0 Å². The molecular weight excluding hydrogens is 428 g/mol. The highest BCUT2D eigenvalue weighted by atomic mass is 35.5. The molecule has 31 heavy (non-hydrogen) atoms. The largest absolute Gasteiger partial charge is 0.487 e. The molecule has 2 N–H and O–H groups in total. The highest BCUT2D eigenvalue weighted by molar-refractivity contribution is 6.20. The molecule has 0 atom stereocenters. The maximum Gasteiger partial charge on any atom is 0.487 e. The second kappa shape index (κ2) is 9.74. The van der Waals surface area contributed by atoms with Crippen molar-refractivity contribution in [3.63, 3.8) is 0 Å². The molecule has 164 valence electrons. The van der Waals surface area contributed by atoms with Crippen LogP contribution in [-0.4, -0.2) is 39.7 Å². The molecule has 0 aliphatic carbocycles. The zero-order valence-electron chi connectivity index (χ0n) is 17.0. The molecule has 0 fully saturated rings. The average molecular weight is 450 g/mol. The van der Waals surface area contributed by atoms with Gasteiger partial charge in [0.1, 0.15) is 11.6 Å². The molecule has 1 aromatic carbocycles. The lowest BCUT2D eigenvalue weighted by Gasteiger charge is -2.24. The Morgan fingerprint density at radius 3 is 2.58 bits per heavy atom. The average Bonchev–Trinajstić information content (AvgIpc) is 3.27. The zero-order valence-corrected chi connectivity index (χ0v) is 17.8. The van der Waals surface area contributed by atoms with Gasteiger partial charge in [-0.15, -0.1) is 8.78 Å². The maximum absolute atomic E-state index is 12.8. The highest BCUT2D eigenvalue weighted by Gasteiger charge is 2.27.